The van der Waals surface area contributed by atoms with E-state index in [1.165, 1.54) is 12.0 Å². The van der Waals surface area contributed by atoms with Gasteiger partial charge in [0.15, 0.2) is 0 Å². The van der Waals surface area contributed by atoms with Crippen LogP contribution in [-0.2, 0) is 27.1 Å². The Morgan fingerprint density at radius 3 is 2.92 bits per heavy atom. The number of ether oxygens (including phenoxy) is 2. The largest absolute Gasteiger partial charge is 0.480 e. The zero-order valence-electron chi connectivity index (χ0n) is 23.0. The fourth-order valence-electron chi connectivity index (χ4n) is 6.08. The molecule has 2 saturated heterocycles. The van der Waals surface area contributed by atoms with Gasteiger partial charge in [0.25, 0.3) is 0 Å². The maximum Gasteiger partial charge on any atom is 0.325 e. The summed E-state index contributed by atoms with van der Waals surface area (Å²) in [6.45, 7) is 8.22. The first kappa shape index (κ1) is 27.1. The van der Waals surface area contributed by atoms with Crippen LogP contribution in [0.15, 0.2) is 36.4 Å². The molecule has 1 aromatic carbocycles. The number of rotatable bonds is 10. The Kier molecular flexibility index (Phi) is 8.66. The second kappa shape index (κ2) is 12.1. The highest BCUT2D eigenvalue weighted by Gasteiger charge is 2.37. The predicted molar refractivity (Wildman–Crippen MR) is 148 cm³/mol. The van der Waals surface area contributed by atoms with Crippen molar-refractivity contribution in [3.8, 4) is 0 Å². The topological polar surface area (TPSA) is 83.9 Å². The number of aliphatic carboxylic acids is 1. The smallest absolute Gasteiger partial charge is 0.325 e. The van der Waals surface area contributed by atoms with Crippen molar-refractivity contribution in [2.75, 3.05) is 38.2 Å². The van der Waals surface area contributed by atoms with E-state index in [1.54, 1.807) is 0 Å². The number of hydrogen-bond donors (Lipinski definition) is 2. The standard InChI is InChI=1S/C31H43N3O4/c1-31(2)16-14-27(38-21-31)25-10-3-4-11-26(25)28(30(35)36)34-18-15-24(20-34)37-19-6-5-9-23-13-12-22-8-7-17-32-29(22)33-23/h3-4,10-13,24,27-28H,5-9,14-21H2,1-2H3,(H,32,33)(H,35,36)/t24-,27?,28?/m1/s1. The molecule has 1 aromatic heterocycles. The molecule has 7 heteroatoms. The zero-order chi connectivity index (χ0) is 26.5. The van der Waals surface area contributed by atoms with E-state index < -0.39 is 12.0 Å². The minimum Gasteiger partial charge on any atom is -0.480 e. The van der Waals surface area contributed by atoms with Gasteiger partial charge >= 0.3 is 5.97 Å². The Balaban J connectivity index is 1.12. The highest BCUT2D eigenvalue weighted by Crippen LogP contribution is 2.40. The average Bonchev–Trinajstić information content (AvgIpc) is 3.37. The number of nitrogens with zero attached hydrogens (tertiary/aromatic N) is 2. The van der Waals surface area contributed by atoms with E-state index >= 15 is 0 Å². The fourth-order valence-corrected chi connectivity index (χ4v) is 6.08. The van der Waals surface area contributed by atoms with Crippen molar-refractivity contribution in [3.63, 3.8) is 0 Å². The molecule has 7 nitrogen and oxygen atoms in total. The summed E-state index contributed by atoms with van der Waals surface area (Å²) in [5.74, 6) is 0.255. The van der Waals surface area contributed by atoms with Crippen LogP contribution in [0.1, 0.15) is 86.9 Å². The third-order valence-electron chi connectivity index (χ3n) is 8.30. The monoisotopic (exact) mass is 521 g/mol. The zero-order valence-corrected chi connectivity index (χ0v) is 23.0. The van der Waals surface area contributed by atoms with Gasteiger partial charge in [-0.2, -0.15) is 0 Å². The Labute approximate surface area is 226 Å². The second-order valence-electron chi connectivity index (χ2n) is 11.9. The van der Waals surface area contributed by atoms with Crippen LogP contribution in [0.5, 0.6) is 0 Å². The van der Waals surface area contributed by atoms with Gasteiger partial charge in [-0.3, -0.25) is 9.69 Å². The van der Waals surface area contributed by atoms with Crippen LogP contribution in [0.3, 0.4) is 0 Å². The molecule has 2 aromatic rings. The third kappa shape index (κ3) is 6.56. The summed E-state index contributed by atoms with van der Waals surface area (Å²) in [6, 6.07) is 11.6. The van der Waals surface area contributed by atoms with Crippen molar-refractivity contribution in [1.29, 1.82) is 0 Å². The summed E-state index contributed by atoms with van der Waals surface area (Å²) in [5.41, 5.74) is 4.51. The number of unbranched alkanes of at least 4 members (excludes halogenated alkanes) is 1. The number of carboxylic acid groups (broad SMARTS) is 1. The molecule has 2 N–H and O–H groups in total. The minimum absolute atomic E-state index is 0.0453. The molecule has 206 valence electrons. The molecule has 3 aliphatic heterocycles. The van der Waals surface area contributed by atoms with E-state index in [1.807, 2.05) is 24.3 Å². The highest BCUT2D eigenvalue weighted by molar-refractivity contribution is 5.76. The Morgan fingerprint density at radius 2 is 2.11 bits per heavy atom. The maximum absolute atomic E-state index is 12.5. The number of carbonyl (C=O) groups is 1. The molecule has 3 atom stereocenters. The van der Waals surface area contributed by atoms with Gasteiger partial charge < -0.3 is 19.9 Å². The summed E-state index contributed by atoms with van der Waals surface area (Å²) in [5, 5.41) is 13.7. The minimum atomic E-state index is -0.804. The SMILES string of the molecule is CC1(C)CCC(c2ccccc2C(C(=O)O)N2CC[C@@H](OCCCCc3ccc4c(n3)NCCC4)C2)OC1. The molecular formula is C31H43N3O4. The van der Waals surface area contributed by atoms with Crippen LogP contribution in [0, 0.1) is 5.41 Å². The van der Waals surface area contributed by atoms with Crippen molar-refractivity contribution in [1.82, 2.24) is 9.88 Å². The molecule has 2 unspecified atom stereocenters. The lowest BCUT2D eigenvalue weighted by Crippen LogP contribution is -2.35. The van der Waals surface area contributed by atoms with Crippen LogP contribution in [0.4, 0.5) is 5.82 Å². The summed E-state index contributed by atoms with van der Waals surface area (Å²) in [7, 11) is 0. The van der Waals surface area contributed by atoms with Crippen molar-refractivity contribution >= 4 is 11.8 Å². The molecule has 0 radical (unpaired) electrons. The molecular weight excluding hydrogens is 478 g/mol. The number of carboxylic acids is 1. The first-order chi connectivity index (χ1) is 18.4. The lowest BCUT2D eigenvalue weighted by Gasteiger charge is -2.36. The number of pyridine rings is 1. The van der Waals surface area contributed by atoms with E-state index in [0.29, 0.717) is 19.8 Å². The van der Waals surface area contributed by atoms with Gasteiger partial charge in [0, 0.05) is 31.9 Å². The Bertz CT molecular complexity index is 1090. The van der Waals surface area contributed by atoms with Gasteiger partial charge in [0.2, 0.25) is 0 Å². The first-order valence-corrected chi connectivity index (χ1v) is 14.4. The Hall–Kier alpha value is -2.48. The van der Waals surface area contributed by atoms with E-state index in [0.717, 1.165) is 80.7 Å². The van der Waals surface area contributed by atoms with Crippen molar-refractivity contribution < 1.29 is 19.4 Å². The summed E-state index contributed by atoms with van der Waals surface area (Å²) in [4.78, 5) is 19.4. The van der Waals surface area contributed by atoms with Crippen LogP contribution < -0.4 is 5.32 Å². The molecule has 0 saturated carbocycles. The number of likely N-dealkylation sites (tertiary alicyclic amines) is 1. The van der Waals surface area contributed by atoms with Crippen molar-refractivity contribution in [2.45, 2.75) is 83.5 Å². The molecule has 5 rings (SSSR count). The number of nitrogens with one attached hydrogen (secondary N) is 1. The maximum atomic E-state index is 12.5. The predicted octanol–water partition coefficient (Wildman–Crippen LogP) is 5.56. The van der Waals surface area contributed by atoms with Crippen molar-refractivity contribution in [2.24, 2.45) is 5.41 Å². The second-order valence-corrected chi connectivity index (χ2v) is 11.9. The molecule has 0 amide bonds. The van der Waals surface area contributed by atoms with Crippen LogP contribution in [0.2, 0.25) is 0 Å². The van der Waals surface area contributed by atoms with Crippen LogP contribution in [0.25, 0.3) is 0 Å². The van der Waals surface area contributed by atoms with Gasteiger partial charge in [-0.15, -0.1) is 0 Å². The van der Waals surface area contributed by atoms with Crippen LogP contribution in [-0.4, -0.2) is 59.9 Å². The van der Waals surface area contributed by atoms with E-state index in [4.69, 9.17) is 14.5 Å². The number of fused-ring (bicyclic) bond motifs is 1. The number of aromatic nitrogens is 1. The van der Waals surface area contributed by atoms with Gasteiger partial charge in [0.05, 0.1) is 18.8 Å². The molecule has 3 aliphatic rings. The van der Waals surface area contributed by atoms with E-state index in [2.05, 4.69) is 36.2 Å². The molecule has 4 heterocycles. The Morgan fingerprint density at radius 1 is 1.24 bits per heavy atom. The normalized spacial score (nSPS) is 23.9. The van der Waals surface area contributed by atoms with Crippen molar-refractivity contribution in [3.05, 3.63) is 58.8 Å². The molecule has 0 spiro atoms. The van der Waals surface area contributed by atoms with Gasteiger partial charge in [0.1, 0.15) is 11.9 Å². The van der Waals surface area contributed by atoms with E-state index in [9.17, 15) is 9.90 Å². The summed E-state index contributed by atoms with van der Waals surface area (Å²) >= 11 is 0. The van der Waals surface area contributed by atoms with Gasteiger partial charge in [-0.1, -0.05) is 44.2 Å². The fraction of sp³-hybridized carbons (Fsp3) is 0.613. The molecule has 2 fully saturated rings. The highest BCUT2D eigenvalue weighted by atomic mass is 16.5. The summed E-state index contributed by atoms with van der Waals surface area (Å²) < 4.78 is 12.4. The summed E-state index contributed by atoms with van der Waals surface area (Å²) in [6.07, 6.45) is 8.13. The molecule has 0 aliphatic carbocycles. The number of benzene rings is 1. The molecule has 38 heavy (non-hydrogen) atoms. The lowest BCUT2D eigenvalue weighted by molar-refractivity contribution is -0.143. The quantitative estimate of drug-likeness (QED) is 0.396. The van der Waals surface area contributed by atoms with Gasteiger partial charge in [-0.25, -0.2) is 4.98 Å². The number of aryl methyl sites for hydroxylation is 2. The third-order valence-corrected chi connectivity index (χ3v) is 8.30. The van der Waals surface area contributed by atoms with Crippen LogP contribution >= 0.6 is 0 Å². The molecule has 0 bridgehead atoms. The average molecular weight is 522 g/mol. The number of hydrogen-bond acceptors (Lipinski definition) is 6. The van der Waals surface area contributed by atoms with Gasteiger partial charge in [-0.05, 0) is 79.5 Å². The number of anilines is 1. The first-order valence-electron chi connectivity index (χ1n) is 14.4. The lowest BCUT2D eigenvalue weighted by atomic mass is 9.82. The van der Waals surface area contributed by atoms with E-state index in [-0.39, 0.29) is 17.6 Å².